The van der Waals surface area contributed by atoms with Crippen molar-refractivity contribution in [1.82, 2.24) is 29.7 Å². The number of pyridine rings is 4. The summed E-state index contributed by atoms with van der Waals surface area (Å²) in [5, 5.41) is 5.49. The maximum Gasteiger partial charge on any atom is 0.573 e. The van der Waals surface area contributed by atoms with Crippen LogP contribution in [0, 0.1) is 13.8 Å². The van der Waals surface area contributed by atoms with Crippen LogP contribution in [0.1, 0.15) is 60.3 Å². The first-order chi connectivity index (χ1) is 29.0. The van der Waals surface area contributed by atoms with Gasteiger partial charge in [-0.3, -0.25) is 14.6 Å². The van der Waals surface area contributed by atoms with Crippen molar-refractivity contribution in [2.45, 2.75) is 88.3 Å². The molecule has 0 saturated carbocycles. The summed E-state index contributed by atoms with van der Waals surface area (Å²) in [6.45, 7) is 0.666. The van der Waals surface area contributed by atoms with Crippen LogP contribution in [-0.4, -0.2) is 98.4 Å². The first kappa shape index (κ1) is 46.1. The molecule has 23 heteroatoms. The maximum absolute atomic E-state index is 15.7. The molecule has 4 aromatic rings. The van der Waals surface area contributed by atoms with E-state index in [2.05, 4.69) is 40.0 Å². The highest BCUT2D eigenvalue weighted by Gasteiger charge is 2.51. The number of halogens is 10. The summed E-state index contributed by atoms with van der Waals surface area (Å²) in [5.41, 5.74) is 12.6. The highest BCUT2D eigenvalue weighted by atomic mass is 19.4. The number of alkyl halides is 10. The zero-order valence-electron chi connectivity index (χ0n) is 33.1. The van der Waals surface area contributed by atoms with E-state index in [9.17, 15) is 26.3 Å². The number of carbonyl (C=O) groups is 1. The molecule has 0 aromatic carbocycles. The molecule has 2 saturated heterocycles. The molecular formula is C39H42F10N10O3. The average Bonchev–Trinajstić information content (AvgIpc) is 3.16. The number of aryl methyl sites for hydroxylation is 2. The Morgan fingerprint density at radius 1 is 0.694 bits per heavy atom. The Balaban J connectivity index is 1.50. The number of Topliss-reactive ketones (excluding diaryl/α,β-unsaturated/α-hetero) is 1. The second-order valence-corrected chi connectivity index (χ2v) is 15.0. The average molecular weight is 889 g/mol. The van der Waals surface area contributed by atoms with E-state index in [1.165, 1.54) is 47.9 Å². The summed E-state index contributed by atoms with van der Waals surface area (Å²) in [6, 6.07) is 4.35. The fourth-order valence-corrected chi connectivity index (χ4v) is 7.61. The summed E-state index contributed by atoms with van der Waals surface area (Å²) < 4.78 is 148. The van der Waals surface area contributed by atoms with Gasteiger partial charge in [0.2, 0.25) is 0 Å². The van der Waals surface area contributed by atoms with Crippen LogP contribution >= 0.6 is 0 Å². The highest BCUT2D eigenvalue weighted by Crippen LogP contribution is 2.43. The fraction of sp³-hybridized carbons (Fsp3) is 0.462. The lowest BCUT2D eigenvalue weighted by atomic mass is 9.86. The van der Waals surface area contributed by atoms with Gasteiger partial charge in [0.05, 0.1) is 24.5 Å². The van der Waals surface area contributed by atoms with E-state index in [1.807, 2.05) is 0 Å². The van der Waals surface area contributed by atoms with E-state index >= 15 is 22.4 Å². The zero-order valence-corrected chi connectivity index (χ0v) is 33.1. The monoisotopic (exact) mass is 888 g/mol. The predicted octanol–water partition coefficient (Wildman–Crippen LogP) is 7.64. The number of nitrogens with zero attached hydrogens (tertiary/aromatic N) is 6. The van der Waals surface area contributed by atoms with E-state index in [-0.39, 0.29) is 71.7 Å². The van der Waals surface area contributed by atoms with Gasteiger partial charge >= 0.3 is 12.7 Å². The molecule has 0 amide bonds. The third-order valence-electron chi connectivity index (χ3n) is 10.4. The number of ether oxygens (including phenoxy) is 2. The Kier molecular flexibility index (Phi) is 13.5. The first-order valence-corrected chi connectivity index (χ1v) is 19.2. The van der Waals surface area contributed by atoms with Crippen molar-refractivity contribution in [3.63, 3.8) is 0 Å². The number of ketones is 1. The van der Waals surface area contributed by atoms with Crippen molar-refractivity contribution in [3.8, 4) is 11.5 Å². The molecule has 2 aliphatic heterocycles. The molecule has 2 aliphatic rings. The number of aromatic nitrogens is 4. The molecule has 336 valence electrons. The van der Waals surface area contributed by atoms with Gasteiger partial charge in [0.15, 0.2) is 5.78 Å². The van der Waals surface area contributed by atoms with Gasteiger partial charge in [-0.05, 0) is 62.1 Å². The van der Waals surface area contributed by atoms with Gasteiger partial charge in [-0.1, -0.05) is 12.1 Å². The summed E-state index contributed by atoms with van der Waals surface area (Å²) in [6.07, 6.45) is -9.47. The van der Waals surface area contributed by atoms with Gasteiger partial charge in [-0.15, -0.1) is 26.3 Å². The molecule has 4 aromatic heterocycles. The van der Waals surface area contributed by atoms with Crippen LogP contribution < -0.4 is 31.6 Å². The quantitative estimate of drug-likeness (QED) is 0.0913. The maximum atomic E-state index is 15.7. The van der Waals surface area contributed by atoms with Gasteiger partial charge in [0.1, 0.15) is 46.9 Å². The second-order valence-electron chi connectivity index (χ2n) is 15.0. The Labute approximate surface area is 348 Å². The first-order valence-electron chi connectivity index (χ1n) is 19.2. The molecule has 0 spiro atoms. The van der Waals surface area contributed by atoms with Gasteiger partial charge in [-0.2, -0.15) is 0 Å². The second kappa shape index (κ2) is 18.1. The van der Waals surface area contributed by atoms with E-state index in [0.29, 0.717) is 0 Å². The van der Waals surface area contributed by atoms with Crippen molar-refractivity contribution in [1.29, 1.82) is 0 Å². The Morgan fingerprint density at radius 3 is 1.44 bits per heavy atom. The van der Waals surface area contributed by atoms with Gasteiger partial charge in [0.25, 0.3) is 11.8 Å². The van der Waals surface area contributed by atoms with Gasteiger partial charge in [-0.25, -0.2) is 37.5 Å². The summed E-state index contributed by atoms with van der Waals surface area (Å²) in [5.74, 6) is -9.37. The summed E-state index contributed by atoms with van der Waals surface area (Å²) in [7, 11) is 0. The Morgan fingerprint density at radius 2 is 1.08 bits per heavy atom. The Bertz CT molecular complexity index is 2060. The van der Waals surface area contributed by atoms with Crippen molar-refractivity contribution in [3.05, 3.63) is 83.4 Å². The summed E-state index contributed by atoms with van der Waals surface area (Å²) >= 11 is 0. The molecule has 2 fully saturated rings. The van der Waals surface area contributed by atoms with Crippen LogP contribution in [-0.2, 0) is 4.79 Å². The predicted molar refractivity (Wildman–Crippen MR) is 204 cm³/mol. The summed E-state index contributed by atoms with van der Waals surface area (Å²) in [4.78, 5) is 35.3. The minimum Gasteiger partial charge on any atom is -0.406 e. The number of nitrogens with two attached hydrogens (primary N) is 2. The number of anilines is 4. The number of hydrogen-bond donors (Lipinski definition) is 4. The number of carbonyl (C=O) groups excluding carboxylic acids is 1. The lowest BCUT2D eigenvalue weighted by Crippen LogP contribution is -2.58. The van der Waals surface area contributed by atoms with Crippen molar-refractivity contribution >= 4 is 29.1 Å². The minimum atomic E-state index is -5.02. The van der Waals surface area contributed by atoms with Crippen molar-refractivity contribution < 1.29 is 58.2 Å². The SMILES string of the molecule is Cc1ccc(Nc2cc(OC(F)(F)F)ccn2)nc1[C@H](C(=O)[C@@H](c1nc(Nc2cc(OC(F)(F)F)ccn2)ccc1C)N1CC(F)(F)CCC1CN)N1CC(F)(F)CCC1CN. The Hall–Kier alpha value is -5.39. The number of rotatable bonds is 14. The number of likely N-dealkylation sites (tertiary alicyclic amines) is 2. The third kappa shape index (κ3) is 11.5. The lowest BCUT2D eigenvalue weighted by molar-refractivity contribution is -0.275. The molecular weight excluding hydrogens is 846 g/mol. The van der Waals surface area contributed by atoms with Crippen LogP contribution in [0.3, 0.4) is 0 Å². The van der Waals surface area contributed by atoms with Gasteiger partial charge in [0, 0.05) is 62.5 Å². The molecule has 4 atom stereocenters. The van der Waals surface area contributed by atoms with Gasteiger partial charge < -0.3 is 31.6 Å². The molecule has 6 rings (SSSR count). The van der Waals surface area contributed by atoms with Crippen LogP contribution in [0.5, 0.6) is 11.5 Å². The third-order valence-corrected chi connectivity index (χ3v) is 10.4. The van der Waals surface area contributed by atoms with Crippen LogP contribution in [0.15, 0.2) is 60.9 Å². The van der Waals surface area contributed by atoms with Crippen LogP contribution in [0.25, 0.3) is 0 Å². The molecule has 0 bridgehead atoms. The molecule has 6 heterocycles. The largest absolute Gasteiger partial charge is 0.573 e. The smallest absolute Gasteiger partial charge is 0.406 e. The molecule has 62 heavy (non-hydrogen) atoms. The van der Waals surface area contributed by atoms with E-state index in [0.717, 1.165) is 36.7 Å². The number of nitrogens with one attached hydrogen (secondary N) is 2. The van der Waals surface area contributed by atoms with Crippen LogP contribution in [0.2, 0.25) is 0 Å². The normalized spacial score (nSPS) is 20.5. The minimum absolute atomic E-state index is 0.0845. The molecule has 0 radical (unpaired) electrons. The number of hydrogen-bond acceptors (Lipinski definition) is 13. The highest BCUT2D eigenvalue weighted by molar-refractivity contribution is 5.91. The van der Waals surface area contributed by atoms with Crippen molar-refractivity contribution in [2.75, 3.05) is 36.8 Å². The van der Waals surface area contributed by atoms with E-state index in [1.54, 1.807) is 0 Å². The van der Waals surface area contributed by atoms with E-state index in [4.69, 9.17) is 11.5 Å². The molecule has 6 N–H and O–H groups in total. The number of piperidine rings is 2. The zero-order chi connectivity index (χ0) is 45.2. The van der Waals surface area contributed by atoms with E-state index < -0.39 is 92.0 Å². The fourth-order valence-electron chi connectivity index (χ4n) is 7.61. The lowest BCUT2D eigenvalue weighted by Gasteiger charge is -2.47. The molecule has 13 nitrogen and oxygen atoms in total. The van der Waals surface area contributed by atoms with Crippen LogP contribution in [0.4, 0.5) is 67.2 Å². The molecule has 2 unspecified atom stereocenters. The molecule has 0 aliphatic carbocycles. The topological polar surface area (TPSA) is 170 Å². The standard InChI is InChI=1S/C39H42F10N10O3/c1-21-3-5-27(54-29-15-25(9-13-52-29)61-38(44,45)46)56-31(21)33(58-19-36(40,41)11-7-23(58)17-50)35(60)34(59-20-37(42,43)12-8-24(59)18-51)32-22(2)4-6-28(57-32)55-30-16-26(10-14-53-30)62-39(47,48)49/h3-6,9-10,13-16,23-24,33-34H,7-8,11-12,17-20,50-51H2,1-2H3,(H,52,54,56)(H,53,55,57)/t23?,24?,33-,34-/m1/s1. The van der Waals surface area contributed by atoms with Crippen molar-refractivity contribution in [2.24, 2.45) is 11.5 Å².